The molecule has 2 aromatic rings. The van der Waals surface area contributed by atoms with Crippen molar-refractivity contribution in [3.63, 3.8) is 0 Å². The average Bonchev–Trinajstić information content (AvgIpc) is 2.56. The van der Waals surface area contributed by atoms with Gasteiger partial charge < -0.3 is 10.8 Å². The van der Waals surface area contributed by atoms with E-state index in [4.69, 9.17) is 22.4 Å². The van der Waals surface area contributed by atoms with Crippen molar-refractivity contribution in [3.8, 4) is 0 Å². The molecule has 0 saturated carbocycles. The first-order valence-electron chi connectivity index (χ1n) is 4.54. The van der Waals surface area contributed by atoms with Gasteiger partial charge in [0.2, 0.25) is 0 Å². The Morgan fingerprint density at radius 2 is 2.44 bits per heavy atom. The molecule has 0 aliphatic rings. The van der Waals surface area contributed by atoms with Gasteiger partial charge in [-0.15, -0.1) is 0 Å². The second kappa shape index (κ2) is 4.07. The van der Waals surface area contributed by atoms with Gasteiger partial charge in [-0.2, -0.15) is 0 Å². The largest absolute Gasteiger partial charge is 0.481 e. The molecule has 0 amide bonds. The standard InChI is InChI=1S/C9H9ClN4O2/c10-9-8(5(11)3-7(15)16)13-6-1-2-12-4-14(6)9/h1-2,4-5H,3,11H2,(H,15,16). The first-order chi connectivity index (χ1) is 7.59. The monoisotopic (exact) mass is 240 g/mol. The van der Waals surface area contributed by atoms with Crippen molar-refractivity contribution in [2.45, 2.75) is 12.5 Å². The molecule has 0 bridgehead atoms. The number of hydrogen-bond donors (Lipinski definition) is 2. The molecular weight excluding hydrogens is 232 g/mol. The topological polar surface area (TPSA) is 93.5 Å². The lowest BCUT2D eigenvalue weighted by molar-refractivity contribution is -0.137. The van der Waals surface area contributed by atoms with Gasteiger partial charge in [0.25, 0.3) is 0 Å². The predicted molar refractivity (Wildman–Crippen MR) is 57.2 cm³/mol. The predicted octanol–water partition coefficient (Wildman–Crippen LogP) is 0.857. The van der Waals surface area contributed by atoms with Gasteiger partial charge in [0.1, 0.15) is 17.1 Å². The highest BCUT2D eigenvalue weighted by Gasteiger charge is 2.19. The number of halogens is 1. The van der Waals surface area contributed by atoms with E-state index in [1.165, 1.54) is 6.33 Å². The van der Waals surface area contributed by atoms with E-state index in [1.807, 2.05) is 0 Å². The van der Waals surface area contributed by atoms with E-state index >= 15 is 0 Å². The van der Waals surface area contributed by atoms with Gasteiger partial charge >= 0.3 is 5.97 Å². The van der Waals surface area contributed by atoms with E-state index in [2.05, 4.69) is 9.97 Å². The highest BCUT2D eigenvalue weighted by molar-refractivity contribution is 6.30. The Balaban J connectivity index is 2.45. The minimum Gasteiger partial charge on any atom is -0.481 e. The van der Waals surface area contributed by atoms with Crippen LogP contribution in [0.2, 0.25) is 5.15 Å². The minimum atomic E-state index is -0.987. The van der Waals surface area contributed by atoms with Gasteiger partial charge in [0, 0.05) is 6.20 Å². The highest BCUT2D eigenvalue weighted by atomic mass is 35.5. The van der Waals surface area contributed by atoms with Crippen molar-refractivity contribution in [2.24, 2.45) is 5.73 Å². The van der Waals surface area contributed by atoms with E-state index < -0.39 is 12.0 Å². The summed E-state index contributed by atoms with van der Waals surface area (Å²) in [6.45, 7) is 0. The summed E-state index contributed by atoms with van der Waals surface area (Å²) in [5.74, 6) is -0.987. The third-order valence-electron chi connectivity index (χ3n) is 2.14. The lowest BCUT2D eigenvalue weighted by Gasteiger charge is -2.05. The van der Waals surface area contributed by atoms with Gasteiger partial charge in [-0.3, -0.25) is 9.20 Å². The number of carboxylic acid groups (broad SMARTS) is 1. The van der Waals surface area contributed by atoms with Gasteiger partial charge in [0.05, 0.1) is 18.2 Å². The number of imidazole rings is 1. The molecule has 2 rings (SSSR count). The maximum Gasteiger partial charge on any atom is 0.305 e. The van der Waals surface area contributed by atoms with Crippen LogP contribution in [0.5, 0.6) is 0 Å². The fraction of sp³-hybridized carbons (Fsp3) is 0.222. The molecule has 1 unspecified atom stereocenters. The first-order valence-corrected chi connectivity index (χ1v) is 4.92. The van der Waals surface area contributed by atoms with Crippen molar-refractivity contribution in [3.05, 3.63) is 29.4 Å². The molecule has 84 valence electrons. The van der Waals surface area contributed by atoms with E-state index in [-0.39, 0.29) is 6.42 Å². The molecular formula is C9H9ClN4O2. The number of aromatic nitrogens is 3. The summed E-state index contributed by atoms with van der Waals surface area (Å²) < 4.78 is 1.55. The van der Waals surface area contributed by atoms with Crippen molar-refractivity contribution in [2.75, 3.05) is 0 Å². The molecule has 0 aliphatic heterocycles. The summed E-state index contributed by atoms with van der Waals surface area (Å²) in [5, 5.41) is 8.94. The Morgan fingerprint density at radius 1 is 1.69 bits per heavy atom. The Labute approximate surface area is 95.7 Å². The lowest BCUT2D eigenvalue weighted by Crippen LogP contribution is -2.15. The Bertz CT molecular complexity index is 539. The van der Waals surface area contributed by atoms with Gasteiger partial charge in [-0.25, -0.2) is 9.97 Å². The number of carboxylic acids is 1. The SMILES string of the molecule is NC(CC(=O)O)c1nc2ccncn2c1Cl. The molecule has 2 aromatic heterocycles. The van der Waals surface area contributed by atoms with Crippen LogP contribution in [0.15, 0.2) is 18.6 Å². The fourth-order valence-corrected chi connectivity index (χ4v) is 1.72. The number of aliphatic carboxylic acids is 1. The molecule has 0 spiro atoms. The van der Waals surface area contributed by atoms with Crippen LogP contribution >= 0.6 is 11.6 Å². The van der Waals surface area contributed by atoms with Crippen LogP contribution in [-0.4, -0.2) is 25.4 Å². The van der Waals surface area contributed by atoms with E-state index in [9.17, 15) is 4.79 Å². The number of fused-ring (bicyclic) bond motifs is 1. The number of nitrogens with two attached hydrogens (primary N) is 1. The molecule has 2 heterocycles. The third-order valence-corrected chi connectivity index (χ3v) is 2.52. The summed E-state index contributed by atoms with van der Waals surface area (Å²) in [6.07, 6.45) is 2.86. The Kier molecular flexibility index (Phi) is 2.76. The van der Waals surface area contributed by atoms with Crippen molar-refractivity contribution < 1.29 is 9.90 Å². The van der Waals surface area contributed by atoms with Crippen LogP contribution in [0.4, 0.5) is 0 Å². The molecule has 16 heavy (non-hydrogen) atoms. The van der Waals surface area contributed by atoms with E-state index in [0.717, 1.165) is 0 Å². The highest BCUT2D eigenvalue weighted by Crippen LogP contribution is 2.23. The molecule has 6 nitrogen and oxygen atoms in total. The number of carbonyl (C=O) groups is 1. The van der Waals surface area contributed by atoms with Crippen LogP contribution in [0, 0.1) is 0 Å². The van der Waals surface area contributed by atoms with Crippen LogP contribution < -0.4 is 5.73 Å². The van der Waals surface area contributed by atoms with Crippen molar-refractivity contribution >= 4 is 23.2 Å². The van der Waals surface area contributed by atoms with E-state index in [0.29, 0.717) is 16.5 Å². The molecule has 0 saturated heterocycles. The Hall–Kier alpha value is -1.66. The molecule has 3 N–H and O–H groups in total. The zero-order valence-corrected chi connectivity index (χ0v) is 8.92. The van der Waals surface area contributed by atoms with Crippen LogP contribution in [-0.2, 0) is 4.79 Å². The van der Waals surface area contributed by atoms with Gasteiger partial charge in [-0.1, -0.05) is 11.6 Å². The molecule has 0 fully saturated rings. The fourth-order valence-electron chi connectivity index (χ4n) is 1.41. The number of hydrogen-bond acceptors (Lipinski definition) is 4. The summed E-state index contributed by atoms with van der Waals surface area (Å²) in [6, 6.07) is 0.952. The van der Waals surface area contributed by atoms with Crippen LogP contribution in [0.3, 0.4) is 0 Å². The molecule has 0 aliphatic carbocycles. The van der Waals surface area contributed by atoms with Gasteiger partial charge in [-0.05, 0) is 6.07 Å². The molecule has 1 atom stereocenters. The van der Waals surface area contributed by atoms with Crippen molar-refractivity contribution in [1.82, 2.24) is 14.4 Å². The normalized spacial score (nSPS) is 12.9. The van der Waals surface area contributed by atoms with E-state index in [1.54, 1.807) is 16.7 Å². The Morgan fingerprint density at radius 3 is 3.06 bits per heavy atom. The summed E-state index contributed by atoms with van der Waals surface area (Å²) in [5.41, 5.74) is 6.66. The molecule has 0 radical (unpaired) electrons. The number of rotatable bonds is 3. The van der Waals surface area contributed by atoms with Crippen molar-refractivity contribution in [1.29, 1.82) is 0 Å². The second-order valence-electron chi connectivity index (χ2n) is 3.30. The zero-order valence-electron chi connectivity index (χ0n) is 8.17. The number of nitrogens with zero attached hydrogens (tertiary/aromatic N) is 3. The maximum absolute atomic E-state index is 10.5. The summed E-state index contributed by atoms with van der Waals surface area (Å²) in [4.78, 5) is 18.6. The van der Waals surface area contributed by atoms with Crippen LogP contribution in [0.1, 0.15) is 18.2 Å². The average molecular weight is 241 g/mol. The van der Waals surface area contributed by atoms with Crippen LogP contribution in [0.25, 0.3) is 5.65 Å². The second-order valence-corrected chi connectivity index (χ2v) is 3.66. The smallest absolute Gasteiger partial charge is 0.305 e. The summed E-state index contributed by atoms with van der Waals surface area (Å²) in [7, 11) is 0. The van der Waals surface area contributed by atoms with Gasteiger partial charge in [0.15, 0.2) is 0 Å². The zero-order chi connectivity index (χ0) is 11.7. The minimum absolute atomic E-state index is 0.211. The maximum atomic E-state index is 10.5. The molecule has 7 heteroatoms. The lowest BCUT2D eigenvalue weighted by atomic mass is 10.2. The summed E-state index contributed by atoms with van der Waals surface area (Å²) >= 11 is 6.02. The third kappa shape index (κ3) is 1.84. The quantitative estimate of drug-likeness (QED) is 0.830. The first kappa shape index (κ1) is 10.8. The molecule has 0 aromatic carbocycles.